The van der Waals surface area contributed by atoms with Crippen LogP contribution in [0.3, 0.4) is 0 Å². The van der Waals surface area contributed by atoms with Crippen LogP contribution in [0.5, 0.6) is 0 Å². The number of nitrogens with zero attached hydrogens (tertiary/aromatic N) is 1. The SMILES string of the molecule is CCCCN(CCCl)CCCCCl. The lowest BCUT2D eigenvalue weighted by molar-refractivity contribution is 0.281. The highest BCUT2D eigenvalue weighted by Gasteiger charge is 2.02. The van der Waals surface area contributed by atoms with Crippen LogP contribution in [0.4, 0.5) is 0 Å². The molecule has 0 aromatic rings. The first kappa shape index (κ1) is 13.5. The largest absolute Gasteiger partial charge is 0.302 e. The molecule has 0 bridgehead atoms. The summed E-state index contributed by atoms with van der Waals surface area (Å²) in [5.74, 6) is 1.52. The highest BCUT2D eigenvalue weighted by atomic mass is 35.5. The Hall–Kier alpha value is 0.540. The van der Waals surface area contributed by atoms with Crippen LogP contribution in [-0.2, 0) is 0 Å². The van der Waals surface area contributed by atoms with Crippen molar-refractivity contribution in [2.45, 2.75) is 32.6 Å². The lowest BCUT2D eigenvalue weighted by atomic mass is 10.2. The summed E-state index contributed by atoms with van der Waals surface area (Å²) in [5.41, 5.74) is 0. The van der Waals surface area contributed by atoms with Gasteiger partial charge >= 0.3 is 0 Å². The third-order valence-corrected chi connectivity index (χ3v) is 2.52. The lowest BCUT2D eigenvalue weighted by Gasteiger charge is -2.20. The van der Waals surface area contributed by atoms with Crippen molar-refractivity contribution in [3.63, 3.8) is 0 Å². The van der Waals surface area contributed by atoms with Crippen molar-refractivity contribution in [3.05, 3.63) is 0 Å². The number of halogens is 2. The maximum atomic E-state index is 5.72. The van der Waals surface area contributed by atoms with E-state index in [0.717, 1.165) is 31.3 Å². The molecule has 80 valence electrons. The molecule has 0 aromatic carbocycles. The van der Waals surface area contributed by atoms with Crippen LogP contribution < -0.4 is 0 Å². The van der Waals surface area contributed by atoms with Gasteiger partial charge in [0.2, 0.25) is 0 Å². The van der Waals surface area contributed by atoms with Gasteiger partial charge in [-0.1, -0.05) is 13.3 Å². The minimum absolute atomic E-state index is 0.741. The Morgan fingerprint density at radius 1 is 0.846 bits per heavy atom. The molecule has 3 heteroatoms. The number of unbranched alkanes of at least 4 members (excludes halogenated alkanes) is 2. The molecule has 0 spiro atoms. The highest BCUT2D eigenvalue weighted by Crippen LogP contribution is 2.00. The van der Waals surface area contributed by atoms with Crippen LogP contribution >= 0.6 is 23.2 Å². The molecule has 0 aliphatic carbocycles. The fraction of sp³-hybridized carbons (Fsp3) is 1.00. The van der Waals surface area contributed by atoms with E-state index < -0.39 is 0 Å². The second-order valence-electron chi connectivity index (χ2n) is 3.28. The molecule has 0 aliphatic heterocycles. The van der Waals surface area contributed by atoms with Crippen molar-refractivity contribution in [2.75, 3.05) is 31.4 Å². The van der Waals surface area contributed by atoms with E-state index in [-0.39, 0.29) is 0 Å². The Balaban J connectivity index is 3.41. The van der Waals surface area contributed by atoms with Crippen LogP contribution in [0.2, 0.25) is 0 Å². The van der Waals surface area contributed by atoms with Gasteiger partial charge in [0.1, 0.15) is 0 Å². The predicted octanol–water partition coefficient (Wildman–Crippen LogP) is 3.35. The Kier molecular flexibility index (Phi) is 11.1. The summed E-state index contributed by atoms with van der Waals surface area (Å²) in [5, 5.41) is 0. The van der Waals surface area contributed by atoms with Crippen molar-refractivity contribution in [2.24, 2.45) is 0 Å². The summed E-state index contributed by atoms with van der Waals surface area (Å²) in [7, 11) is 0. The summed E-state index contributed by atoms with van der Waals surface area (Å²) < 4.78 is 0. The lowest BCUT2D eigenvalue weighted by Crippen LogP contribution is -2.28. The number of hydrogen-bond acceptors (Lipinski definition) is 1. The average Bonchev–Trinajstić information content (AvgIpc) is 2.14. The molecule has 0 saturated carbocycles. The number of hydrogen-bond donors (Lipinski definition) is 0. The van der Waals surface area contributed by atoms with Crippen LogP contribution in [0, 0.1) is 0 Å². The maximum absolute atomic E-state index is 5.72. The van der Waals surface area contributed by atoms with Crippen molar-refractivity contribution in [3.8, 4) is 0 Å². The van der Waals surface area contributed by atoms with E-state index in [1.807, 2.05) is 0 Å². The van der Waals surface area contributed by atoms with E-state index >= 15 is 0 Å². The van der Waals surface area contributed by atoms with E-state index in [4.69, 9.17) is 23.2 Å². The van der Waals surface area contributed by atoms with Crippen LogP contribution in [0.25, 0.3) is 0 Å². The Morgan fingerprint density at radius 2 is 1.54 bits per heavy atom. The van der Waals surface area contributed by atoms with E-state index in [9.17, 15) is 0 Å². The first-order chi connectivity index (χ1) is 6.35. The smallest absolute Gasteiger partial charge is 0.0351 e. The molecular formula is C10H21Cl2N. The van der Waals surface area contributed by atoms with E-state index in [0.29, 0.717) is 0 Å². The normalized spacial score (nSPS) is 11.1. The topological polar surface area (TPSA) is 3.24 Å². The van der Waals surface area contributed by atoms with Crippen LogP contribution in [-0.4, -0.2) is 36.3 Å². The van der Waals surface area contributed by atoms with Gasteiger partial charge in [-0.2, -0.15) is 0 Å². The molecule has 0 fully saturated rings. The summed E-state index contributed by atoms with van der Waals surface area (Å²) in [6.07, 6.45) is 4.85. The second-order valence-corrected chi connectivity index (χ2v) is 4.04. The van der Waals surface area contributed by atoms with E-state index in [1.54, 1.807) is 0 Å². The van der Waals surface area contributed by atoms with Gasteiger partial charge in [0.15, 0.2) is 0 Å². The molecule has 0 rings (SSSR count). The predicted molar refractivity (Wildman–Crippen MR) is 62.0 cm³/mol. The summed E-state index contributed by atoms with van der Waals surface area (Å²) in [6, 6.07) is 0. The third kappa shape index (κ3) is 8.86. The van der Waals surface area contributed by atoms with Gasteiger partial charge in [-0.15, -0.1) is 23.2 Å². The maximum Gasteiger partial charge on any atom is 0.0351 e. The van der Waals surface area contributed by atoms with E-state index in [1.165, 1.54) is 25.8 Å². The first-order valence-corrected chi connectivity index (χ1v) is 6.26. The van der Waals surface area contributed by atoms with Gasteiger partial charge in [0, 0.05) is 18.3 Å². The molecular weight excluding hydrogens is 205 g/mol. The molecule has 0 aromatic heterocycles. The van der Waals surface area contributed by atoms with Crippen molar-refractivity contribution < 1.29 is 0 Å². The van der Waals surface area contributed by atoms with Gasteiger partial charge in [-0.25, -0.2) is 0 Å². The summed E-state index contributed by atoms with van der Waals surface area (Å²) in [4.78, 5) is 2.43. The minimum atomic E-state index is 0.741. The van der Waals surface area contributed by atoms with Gasteiger partial charge in [0.25, 0.3) is 0 Å². The first-order valence-electron chi connectivity index (χ1n) is 5.19. The summed E-state index contributed by atoms with van der Waals surface area (Å²) >= 11 is 11.3. The van der Waals surface area contributed by atoms with Gasteiger partial charge in [-0.3, -0.25) is 0 Å². The molecule has 0 heterocycles. The molecule has 1 nitrogen and oxygen atoms in total. The monoisotopic (exact) mass is 225 g/mol. The number of alkyl halides is 2. The van der Waals surface area contributed by atoms with Gasteiger partial charge in [0.05, 0.1) is 0 Å². The molecule has 0 aliphatic rings. The fourth-order valence-electron chi connectivity index (χ4n) is 1.27. The van der Waals surface area contributed by atoms with Gasteiger partial charge in [-0.05, 0) is 32.4 Å². The molecule has 0 unspecified atom stereocenters. The van der Waals surface area contributed by atoms with E-state index in [2.05, 4.69) is 11.8 Å². The van der Waals surface area contributed by atoms with Crippen molar-refractivity contribution >= 4 is 23.2 Å². The fourth-order valence-corrected chi connectivity index (χ4v) is 1.69. The second kappa shape index (κ2) is 10.6. The molecule has 0 saturated heterocycles. The minimum Gasteiger partial charge on any atom is -0.302 e. The summed E-state index contributed by atoms with van der Waals surface area (Å²) in [6.45, 7) is 5.58. The molecule has 0 amide bonds. The molecule has 0 N–H and O–H groups in total. The zero-order valence-electron chi connectivity index (χ0n) is 8.57. The highest BCUT2D eigenvalue weighted by molar-refractivity contribution is 6.18. The van der Waals surface area contributed by atoms with Crippen LogP contribution in [0.15, 0.2) is 0 Å². The zero-order valence-corrected chi connectivity index (χ0v) is 10.1. The van der Waals surface area contributed by atoms with Gasteiger partial charge < -0.3 is 4.90 Å². The molecule has 13 heavy (non-hydrogen) atoms. The van der Waals surface area contributed by atoms with Crippen LogP contribution in [0.1, 0.15) is 32.6 Å². The molecule has 0 atom stereocenters. The quantitative estimate of drug-likeness (QED) is 0.430. The molecule has 0 radical (unpaired) electrons. The zero-order chi connectivity index (χ0) is 9.94. The van der Waals surface area contributed by atoms with Crippen molar-refractivity contribution in [1.29, 1.82) is 0 Å². The Bertz CT molecular complexity index is 98.9. The Morgan fingerprint density at radius 3 is 2.08 bits per heavy atom. The Labute approximate surface area is 92.4 Å². The standard InChI is InChI=1S/C10H21Cl2N/c1-2-3-8-13(10-7-12)9-5-4-6-11/h2-10H2,1H3. The van der Waals surface area contributed by atoms with Crippen molar-refractivity contribution in [1.82, 2.24) is 4.90 Å². The third-order valence-electron chi connectivity index (χ3n) is 2.09. The average molecular weight is 226 g/mol. The number of rotatable bonds is 9.